The predicted molar refractivity (Wildman–Crippen MR) is 108 cm³/mol. The highest BCUT2D eigenvalue weighted by Gasteiger charge is 2.31. The number of aromatic nitrogens is 2. The molecule has 2 heterocycles. The Morgan fingerprint density at radius 2 is 1.97 bits per heavy atom. The molecule has 1 amide bonds. The van der Waals surface area contributed by atoms with Crippen molar-refractivity contribution < 1.29 is 18.0 Å². The molecule has 6 nitrogen and oxygen atoms in total. The Kier molecular flexibility index (Phi) is 6.17. The molecule has 0 radical (unpaired) electrons. The topological polar surface area (TPSA) is 87.8 Å². The number of hydrogen-bond donors (Lipinski definition) is 1. The van der Waals surface area contributed by atoms with Crippen molar-refractivity contribution in [3.63, 3.8) is 0 Å². The molecule has 2 aromatic heterocycles. The van der Waals surface area contributed by atoms with Gasteiger partial charge in [-0.25, -0.2) is 4.98 Å². The molecule has 1 N–H and O–H groups in total. The molecule has 0 aliphatic heterocycles. The lowest BCUT2D eigenvalue weighted by atomic mass is 10.1. The van der Waals surface area contributed by atoms with Crippen LogP contribution in [0.4, 0.5) is 13.2 Å². The van der Waals surface area contributed by atoms with E-state index in [1.54, 1.807) is 13.0 Å². The van der Waals surface area contributed by atoms with E-state index in [0.29, 0.717) is 15.5 Å². The first-order valence-electron chi connectivity index (χ1n) is 8.86. The van der Waals surface area contributed by atoms with Gasteiger partial charge in [0, 0.05) is 34.4 Å². The maximum absolute atomic E-state index is 13.2. The fourth-order valence-corrected chi connectivity index (χ4v) is 3.76. The van der Waals surface area contributed by atoms with Gasteiger partial charge in [0.05, 0.1) is 5.56 Å². The van der Waals surface area contributed by atoms with Crippen molar-refractivity contribution in [2.24, 2.45) is 0 Å². The van der Waals surface area contributed by atoms with Crippen LogP contribution in [0.1, 0.15) is 27.3 Å². The zero-order valence-corrected chi connectivity index (χ0v) is 17.1. The van der Waals surface area contributed by atoms with E-state index in [2.05, 4.69) is 10.3 Å². The van der Waals surface area contributed by atoms with Crippen LogP contribution in [0.3, 0.4) is 0 Å². The molecule has 10 heteroatoms. The Bertz CT molecular complexity index is 1250. The van der Waals surface area contributed by atoms with Gasteiger partial charge in [-0.05, 0) is 43.3 Å². The third-order valence-electron chi connectivity index (χ3n) is 4.38. The number of rotatable bonds is 4. The first-order valence-corrected chi connectivity index (χ1v) is 9.67. The molecule has 0 unspecified atom stereocenters. The number of hydrogen-bond acceptors (Lipinski definition) is 5. The average molecular weight is 444 g/mol. The fraction of sp³-hybridized carbons (Fsp3) is 0.143. The summed E-state index contributed by atoms with van der Waals surface area (Å²) in [6, 6.07) is 10.8. The van der Waals surface area contributed by atoms with Crippen molar-refractivity contribution in [1.29, 1.82) is 5.26 Å². The second-order valence-corrected chi connectivity index (χ2v) is 7.48. The number of carbonyl (C=O) groups excluding carboxylic acids is 1. The Balaban J connectivity index is 2.21. The van der Waals surface area contributed by atoms with E-state index in [1.807, 2.05) is 6.07 Å². The van der Waals surface area contributed by atoms with Gasteiger partial charge in [-0.1, -0.05) is 17.8 Å². The third-order valence-corrected chi connectivity index (χ3v) is 5.49. The maximum atomic E-state index is 13.2. The van der Waals surface area contributed by atoms with E-state index in [1.165, 1.54) is 49.3 Å². The first kappa shape index (κ1) is 22.1. The van der Waals surface area contributed by atoms with E-state index in [-0.39, 0.29) is 16.9 Å². The number of carbonyl (C=O) groups is 1. The van der Waals surface area contributed by atoms with Gasteiger partial charge >= 0.3 is 6.18 Å². The molecular weight excluding hydrogens is 429 g/mol. The third kappa shape index (κ3) is 4.62. The summed E-state index contributed by atoms with van der Waals surface area (Å²) >= 11 is 1.17. The molecule has 0 spiro atoms. The lowest BCUT2D eigenvalue weighted by Crippen LogP contribution is -2.32. The lowest BCUT2D eigenvalue weighted by molar-refractivity contribution is -0.137. The molecule has 0 aliphatic rings. The highest BCUT2D eigenvalue weighted by Crippen LogP contribution is 2.33. The van der Waals surface area contributed by atoms with Gasteiger partial charge in [-0.3, -0.25) is 14.2 Å². The summed E-state index contributed by atoms with van der Waals surface area (Å²) in [6.07, 6.45) is -3.13. The van der Waals surface area contributed by atoms with E-state index >= 15 is 0 Å². The molecule has 3 aromatic rings. The zero-order chi connectivity index (χ0) is 22.8. The number of nitrogens with zero attached hydrogens (tertiary/aromatic N) is 3. The number of nitriles is 1. The molecule has 1 aromatic carbocycles. The van der Waals surface area contributed by atoms with Crippen molar-refractivity contribution in [1.82, 2.24) is 14.9 Å². The quantitative estimate of drug-likeness (QED) is 0.659. The van der Waals surface area contributed by atoms with Crippen LogP contribution in [-0.2, 0) is 6.18 Å². The first-order chi connectivity index (χ1) is 14.7. The molecule has 0 saturated heterocycles. The summed E-state index contributed by atoms with van der Waals surface area (Å²) in [7, 11) is 1.35. The van der Waals surface area contributed by atoms with Gasteiger partial charge in [0.25, 0.3) is 11.5 Å². The van der Waals surface area contributed by atoms with E-state index < -0.39 is 23.2 Å². The Morgan fingerprint density at radius 1 is 1.23 bits per heavy atom. The summed E-state index contributed by atoms with van der Waals surface area (Å²) in [5, 5.41) is 11.2. The van der Waals surface area contributed by atoms with Crippen molar-refractivity contribution in [2.45, 2.75) is 22.9 Å². The summed E-state index contributed by atoms with van der Waals surface area (Å²) in [4.78, 5) is 30.4. The average Bonchev–Trinajstić information content (AvgIpc) is 2.75. The second kappa shape index (κ2) is 8.65. The zero-order valence-electron chi connectivity index (χ0n) is 16.3. The fourth-order valence-electron chi connectivity index (χ4n) is 2.85. The van der Waals surface area contributed by atoms with Gasteiger partial charge in [-0.2, -0.15) is 18.4 Å². The molecular formula is C21H15F3N4O2S. The van der Waals surface area contributed by atoms with Gasteiger partial charge in [-0.15, -0.1) is 0 Å². The summed E-state index contributed by atoms with van der Waals surface area (Å²) in [6.45, 7) is 1.58. The molecule has 31 heavy (non-hydrogen) atoms. The predicted octanol–water partition coefficient (Wildman–Crippen LogP) is 3.94. The monoisotopic (exact) mass is 444 g/mol. The van der Waals surface area contributed by atoms with Crippen LogP contribution >= 0.6 is 11.8 Å². The minimum absolute atomic E-state index is 0.0112. The van der Waals surface area contributed by atoms with Crippen LogP contribution < -0.4 is 10.9 Å². The SMILES string of the molecule is CNC(=O)c1cc(Sc2ccc(C#N)nc2)c(C)n(-c2cccc(C(F)(F)F)c2)c1=O. The maximum Gasteiger partial charge on any atom is 0.416 e. The van der Waals surface area contributed by atoms with Crippen molar-refractivity contribution in [3.8, 4) is 11.8 Å². The normalized spacial score (nSPS) is 11.1. The highest BCUT2D eigenvalue weighted by atomic mass is 32.2. The standard InChI is InChI=1S/C21H15F3N4O2S/c1-12-18(31-16-7-6-14(10-25)27-11-16)9-17(19(29)26-2)20(30)28(12)15-5-3-4-13(8-15)21(22,23)24/h3-9,11H,1-2H3,(H,26,29). The van der Waals surface area contributed by atoms with E-state index in [9.17, 15) is 22.8 Å². The van der Waals surface area contributed by atoms with E-state index in [4.69, 9.17) is 5.26 Å². The molecule has 3 rings (SSSR count). The van der Waals surface area contributed by atoms with Crippen LogP contribution in [0.25, 0.3) is 5.69 Å². The van der Waals surface area contributed by atoms with Crippen molar-refractivity contribution in [3.05, 3.63) is 81.5 Å². The van der Waals surface area contributed by atoms with Gasteiger partial charge in [0.15, 0.2) is 0 Å². The van der Waals surface area contributed by atoms with E-state index in [0.717, 1.165) is 16.7 Å². The highest BCUT2D eigenvalue weighted by molar-refractivity contribution is 7.99. The molecule has 0 atom stereocenters. The second-order valence-electron chi connectivity index (χ2n) is 6.37. The summed E-state index contributed by atoms with van der Waals surface area (Å²) in [5.41, 5.74) is -1.30. The van der Waals surface area contributed by atoms with Crippen LogP contribution in [0.5, 0.6) is 0 Å². The summed E-state index contributed by atoms with van der Waals surface area (Å²) < 4.78 is 40.7. The van der Waals surface area contributed by atoms with Gasteiger partial charge < -0.3 is 5.32 Å². The van der Waals surface area contributed by atoms with Crippen LogP contribution in [-0.4, -0.2) is 22.5 Å². The molecule has 0 fully saturated rings. The molecule has 158 valence electrons. The number of alkyl halides is 3. The smallest absolute Gasteiger partial charge is 0.355 e. The number of amides is 1. The molecule has 0 aliphatic carbocycles. The van der Waals surface area contributed by atoms with Gasteiger partial charge in [0.1, 0.15) is 17.3 Å². The number of pyridine rings is 2. The summed E-state index contributed by atoms with van der Waals surface area (Å²) in [5.74, 6) is -0.662. The molecule has 0 bridgehead atoms. The minimum Gasteiger partial charge on any atom is -0.355 e. The number of nitrogens with one attached hydrogen (secondary N) is 1. The van der Waals surface area contributed by atoms with Crippen LogP contribution in [0, 0.1) is 18.3 Å². The molecule has 0 saturated carbocycles. The number of halogens is 3. The van der Waals surface area contributed by atoms with Crippen molar-refractivity contribution >= 4 is 17.7 Å². The van der Waals surface area contributed by atoms with Crippen molar-refractivity contribution in [2.75, 3.05) is 7.05 Å². The lowest BCUT2D eigenvalue weighted by Gasteiger charge is -2.17. The Hall–Kier alpha value is -3.58. The minimum atomic E-state index is -4.59. The van der Waals surface area contributed by atoms with Gasteiger partial charge in [0.2, 0.25) is 0 Å². The largest absolute Gasteiger partial charge is 0.416 e. The van der Waals surface area contributed by atoms with Crippen LogP contribution in [0.2, 0.25) is 0 Å². The van der Waals surface area contributed by atoms with Crippen LogP contribution in [0.15, 0.2) is 63.2 Å². The number of benzene rings is 1. The Morgan fingerprint density at radius 3 is 2.55 bits per heavy atom. The Labute approximate surface area is 179 Å².